The van der Waals surface area contributed by atoms with Crippen molar-refractivity contribution in [1.82, 2.24) is 5.32 Å². The molecular formula is C15H16BrNO2S2. The Balaban J connectivity index is 1.56. The minimum Gasteiger partial charge on any atom is -0.483 e. The third-order valence-electron chi connectivity index (χ3n) is 2.59. The van der Waals surface area contributed by atoms with Crippen LogP contribution in [0.4, 0.5) is 0 Å². The van der Waals surface area contributed by atoms with Crippen molar-refractivity contribution in [1.29, 1.82) is 0 Å². The molecule has 0 bridgehead atoms. The molecule has 2 rings (SSSR count). The molecule has 0 aliphatic carbocycles. The van der Waals surface area contributed by atoms with Gasteiger partial charge in [0.25, 0.3) is 5.91 Å². The fraction of sp³-hybridized carbons (Fsp3) is 0.267. The first-order valence-electron chi connectivity index (χ1n) is 6.50. The van der Waals surface area contributed by atoms with Crippen molar-refractivity contribution in [2.75, 3.05) is 18.9 Å². The number of carbonyl (C=O) groups is 1. The van der Waals surface area contributed by atoms with Gasteiger partial charge in [0, 0.05) is 22.9 Å². The fourth-order valence-electron chi connectivity index (χ4n) is 1.59. The van der Waals surface area contributed by atoms with Crippen LogP contribution in [0.1, 0.15) is 4.88 Å². The molecule has 0 spiro atoms. The summed E-state index contributed by atoms with van der Waals surface area (Å²) in [7, 11) is 0. The van der Waals surface area contributed by atoms with Gasteiger partial charge in [-0.25, -0.2) is 0 Å². The Kier molecular flexibility index (Phi) is 7.12. The summed E-state index contributed by atoms with van der Waals surface area (Å²) in [4.78, 5) is 13.0. The van der Waals surface area contributed by atoms with E-state index in [1.807, 2.05) is 36.0 Å². The van der Waals surface area contributed by atoms with Crippen molar-refractivity contribution in [2.45, 2.75) is 5.75 Å². The highest BCUT2D eigenvalue weighted by Crippen LogP contribution is 2.23. The first-order chi connectivity index (χ1) is 10.3. The van der Waals surface area contributed by atoms with Crippen LogP contribution in [0.25, 0.3) is 0 Å². The Morgan fingerprint density at radius 1 is 1.29 bits per heavy atom. The summed E-state index contributed by atoms with van der Waals surface area (Å²) < 4.78 is 6.30. The van der Waals surface area contributed by atoms with E-state index in [4.69, 9.17) is 4.74 Å². The van der Waals surface area contributed by atoms with E-state index >= 15 is 0 Å². The summed E-state index contributed by atoms with van der Waals surface area (Å²) in [6.07, 6.45) is 0. The van der Waals surface area contributed by atoms with Gasteiger partial charge in [-0.2, -0.15) is 11.8 Å². The quantitative estimate of drug-likeness (QED) is 0.699. The third kappa shape index (κ3) is 6.11. The van der Waals surface area contributed by atoms with E-state index in [-0.39, 0.29) is 12.5 Å². The smallest absolute Gasteiger partial charge is 0.257 e. The second-order valence-corrected chi connectivity index (χ2v) is 7.19. The zero-order valence-electron chi connectivity index (χ0n) is 11.4. The van der Waals surface area contributed by atoms with Gasteiger partial charge in [-0.05, 0) is 39.5 Å². The normalized spacial score (nSPS) is 10.3. The summed E-state index contributed by atoms with van der Waals surface area (Å²) in [5, 5.41) is 4.94. The lowest BCUT2D eigenvalue weighted by molar-refractivity contribution is -0.122. The maximum Gasteiger partial charge on any atom is 0.257 e. The molecule has 1 N–H and O–H groups in total. The van der Waals surface area contributed by atoms with E-state index in [9.17, 15) is 4.79 Å². The Bertz CT molecular complexity index is 561. The van der Waals surface area contributed by atoms with Crippen LogP contribution in [0.3, 0.4) is 0 Å². The third-order valence-corrected chi connectivity index (χ3v) is 5.31. The number of hydrogen-bond acceptors (Lipinski definition) is 4. The molecule has 3 nitrogen and oxygen atoms in total. The van der Waals surface area contributed by atoms with Gasteiger partial charge in [-0.3, -0.25) is 4.79 Å². The molecule has 0 saturated carbocycles. The molecule has 1 aromatic heterocycles. The van der Waals surface area contributed by atoms with Crippen LogP contribution in [0, 0.1) is 0 Å². The Morgan fingerprint density at radius 2 is 2.14 bits per heavy atom. The molecule has 1 amide bonds. The van der Waals surface area contributed by atoms with E-state index in [2.05, 4.69) is 38.8 Å². The number of amides is 1. The van der Waals surface area contributed by atoms with Gasteiger partial charge < -0.3 is 10.1 Å². The molecular weight excluding hydrogens is 370 g/mol. The van der Waals surface area contributed by atoms with E-state index in [1.165, 1.54) is 4.88 Å². The highest BCUT2D eigenvalue weighted by molar-refractivity contribution is 9.10. The number of carbonyl (C=O) groups excluding carboxylic acids is 1. The summed E-state index contributed by atoms with van der Waals surface area (Å²) in [5.41, 5.74) is 0. The first-order valence-corrected chi connectivity index (χ1v) is 9.32. The van der Waals surface area contributed by atoms with Gasteiger partial charge in [0.2, 0.25) is 0 Å². The number of nitrogens with one attached hydrogen (secondary N) is 1. The number of thiophene rings is 1. The Labute approximate surface area is 141 Å². The number of hydrogen-bond donors (Lipinski definition) is 1. The van der Waals surface area contributed by atoms with Crippen molar-refractivity contribution in [3.63, 3.8) is 0 Å². The minimum atomic E-state index is -0.0949. The molecule has 1 heterocycles. The number of halogens is 1. The Morgan fingerprint density at radius 3 is 2.90 bits per heavy atom. The maximum absolute atomic E-state index is 11.7. The molecule has 21 heavy (non-hydrogen) atoms. The number of thioether (sulfide) groups is 1. The molecule has 0 aliphatic rings. The molecule has 0 radical (unpaired) electrons. The van der Waals surface area contributed by atoms with E-state index < -0.39 is 0 Å². The summed E-state index contributed by atoms with van der Waals surface area (Å²) in [6.45, 7) is 0.701. The molecule has 0 atom stereocenters. The first kappa shape index (κ1) is 16.4. The van der Waals surface area contributed by atoms with E-state index in [0.717, 1.165) is 16.0 Å². The van der Waals surface area contributed by atoms with Gasteiger partial charge in [0.15, 0.2) is 6.61 Å². The fourth-order valence-corrected chi connectivity index (χ4v) is 3.68. The average Bonchev–Trinajstić information content (AvgIpc) is 2.99. The zero-order valence-corrected chi connectivity index (χ0v) is 14.6. The van der Waals surface area contributed by atoms with E-state index in [0.29, 0.717) is 12.3 Å². The molecule has 1 aromatic carbocycles. The van der Waals surface area contributed by atoms with Crippen LogP contribution in [0.2, 0.25) is 0 Å². The predicted molar refractivity (Wildman–Crippen MR) is 93.1 cm³/mol. The second-order valence-electron chi connectivity index (χ2n) is 4.20. The monoisotopic (exact) mass is 385 g/mol. The number of rotatable bonds is 8. The molecule has 2 aromatic rings. The molecule has 112 valence electrons. The van der Waals surface area contributed by atoms with Gasteiger partial charge in [0.1, 0.15) is 5.75 Å². The van der Waals surface area contributed by atoms with Crippen molar-refractivity contribution in [3.8, 4) is 5.75 Å². The van der Waals surface area contributed by atoms with Crippen LogP contribution < -0.4 is 10.1 Å². The van der Waals surface area contributed by atoms with Crippen molar-refractivity contribution < 1.29 is 9.53 Å². The van der Waals surface area contributed by atoms with Crippen LogP contribution in [-0.4, -0.2) is 24.8 Å². The largest absolute Gasteiger partial charge is 0.483 e. The standard InChI is InChI=1S/C15H16BrNO2S2/c16-13-5-1-2-6-14(13)19-10-15(18)17-7-9-20-11-12-4-3-8-21-12/h1-6,8H,7,9-11H2,(H,17,18). The van der Waals surface area contributed by atoms with Gasteiger partial charge >= 0.3 is 0 Å². The van der Waals surface area contributed by atoms with Gasteiger partial charge in [0.05, 0.1) is 4.47 Å². The van der Waals surface area contributed by atoms with Gasteiger partial charge in [-0.15, -0.1) is 11.3 Å². The lowest BCUT2D eigenvalue weighted by Gasteiger charge is -2.08. The van der Waals surface area contributed by atoms with Crippen LogP contribution in [0.5, 0.6) is 5.75 Å². The topological polar surface area (TPSA) is 38.3 Å². The number of para-hydroxylation sites is 1. The highest BCUT2D eigenvalue weighted by Gasteiger charge is 2.04. The van der Waals surface area contributed by atoms with E-state index in [1.54, 1.807) is 11.3 Å². The SMILES string of the molecule is O=C(COc1ccccc1Br)NCCSCc1cccs1. The second kappa shape index (κ2) is 9.12. The summed E-state index contributed by atoms with van der Waals surface area (Å²) in [6, 6.07) is 11.7. The molecule has 0 aliphatic heterocycles. The molecule has 0 unspecified atom stereocenters. The molecule has 6 heteroatoms. The van der Waals surface area contributed by atoms with Crippen LogP contribution >= 0.6 is 39.0 Å². The van der Waals surface area contributed by atoms with Crippen LogP contribution in [0.15, 0.2) is 46.3 Å². The maximum atomic E-state index is 11.7. The average molecular weight is 386 g/mol. The zero-order chi connectivity index (χ0) is 14.9. The Hall–Kier alpha value is -0.980. The number of ether oxygens (including phenoxy) is 1. The number of benzene rings is 1. The van der Waals surface area contributed by atoms with Crippen molar-refractivity contribution in [3.05, 3.63) is 51.1 Å². The minimum absolute atomic E-state index is 0.0399. The molecule has 0 fully saturated rings. The lowest BCUT2D eigenvalue weighted by Crippen LogP contribution is -2.30. The van der Waals surface area contributed by atoms with Gasteiger partial charge in [-0.1, -0.05) is 18.2 Å². The van der Waals surface area contributed by atoms with Crippen molar-refractivity contribution in [2.24, 2.45) is 0 Å². The van der Waals surface area contributed by atoms with Crippen molar-refractivity contribution >= 4 is 44.9 Å². The summed E-state index contributed by atoms with van der Waals surface area (Å²) in [5.74, 6) is 2.49. The lowest BCUT2D eigenvalue weighted by atomic mass is 10.3. The predicted octanol–water partition coefficient (Wildman–Crippen LogP) is 3.94. The van der Waals surface area contributed by atoms with Crippen LogP contribution in [-0.2, 0) is 10.5 Å². The molecule has 0 saturated heterocycles. The summed E-state index contributed by atoms with van der Waals surface area (Å²) >= 11 is 6.96. The highest BCUT2D eigenvalue weighted by atomic mass is 79.9.